The largest absolute Gasteiger partial charge is 0.348 e. The second-order valence-electron chi connectivity index (χ2n) is 10.9. The van der Waals surface area contributed by atoms with E-state index in [9.17, 15) is 9.59 Å². The highest BCUT2D eigenvalue weighted by atomic mass is 16.2. The van der Waals surface area contributed by atoms with Crippen LogP contribution < -0.4 is 10.9 Å². The Balaban J connectivity index is 1.33. The van der Waals surface area contributed by atoms with Crippen molar-refractivity contribution in [3.8, 4) is 0 Å². The van der Waals surface area contributed by atoms with E-state index in [2.05, 4.69) is 53.0 Å². The van der Waals surface area contributed by atoms with Gasteiger partial charge in [-0.25, -0.2) is 4.98 Å². The fourth-order valence-corrected chi connectivity index (χ4v) is 6.20. The second kappa shape index (κ2) is 10.7. The Morgan fingerprint density at radius 2 is 1.71 bits per heavy atom. The zero-order chi connectivity index (χ0) is 26.9. The minimum Gasteiger partial charge on any atom is -0.348 e. The first-order valence-electron chi connectivity index (χ1n) is 13.7. The summed E-state index contributed by atoms with van der Waals surface area (Å²) in [6.45, 7) is 13.0. The molecule has 0 radical (unpaired) electrons. The molecule has 1 atom stereocenters. The Bertz CT molecular complexity index is 1370. The maximum absolute atomic E-state index is 12.4. The molecule has 2 aromatic heterocycles. The second-order valence-corrected chi connectivity index (χ2v) is 10.9. The number of hydrogen-bond donors (Lipinski definition) is 1. The molecule has 3 aromatic rings. The number of piperazine rings is 1. The molecule has 200 valence electrons. The molecule has 1 aliphatic heterocycles. The Labute approximate surface area is 224 Å². The summed E-state index contributed by atoms with van der Waals surface area (Å²) >= 11 is 0. The highest BCUT2D eigenvalue weighted by molar-refractivity contribution is 5.87. The van der Waals surface area contributed by atoms with Crippen molar-refractivity contribution in [2.24, 2.45) is 0 Å². The fraction of sp³-hybridized carbons (Fsp3) is 0.467. The monoisotopic (exact) mass is 514 g/mol. The van der Waals surface area contributed by atoms with Crippen LogP contribution in [0.3, 0.4) is 0 Å². The fourth-order valence-electron chi connectivity index (χ4n) is 6.20. The topological polar surface area (TPSA) is 83.4 Å². The molecule has 2 aliphatic rings. The van der Waals surface area contributed by atoms with Gasteiger partial charge in [-0.05, 0) is 56.9 Å². The zero-order valence-electron chi connectivity index (χ0n) is 22.7. The van der Waals surface area contributed by atoms with E-state index in [4.69, 9.17) is 4.98 Å². The average molecular weight is 515 g/mol. The molecule has 1 aliphatic carbocycles. The first-order valence-corrected chi connectivity index (χ1v) is 13.7. The molecule has 1 saturated heterocycles. The van der Waals surface area contributed by atoms with Gasteiger partial charge in [0.25, 0.3) is 5.56 Å². The van der Waals surface area contributed by atoms with E-state index in [0.717, 1.165) is 50.0 Å². The van der Waals surface area contributed by atoms with Gasteiger partial charge in [0.1, 0.15) is 5.65 Å². The van der Waals surface area contributed by atoms with Crippen LogP contribution in [-0.2, 0) is 10.3 Å². The lowest BCUT2D eigenvalue weighted by atomic mass is 9.84. The van der Waals surface area contributed by atoms with Crippen LogP contribution in [0.2, 0.25) is 0 Å². The number of hydrogen-bond acceptors (Lipinski definition) is 6. The highest BCUT2D eigenvalue weighted by Crippen LogP contribution is 2.44. The molecule has 38 heavy (non-hydrogen) atoms. The number of anilines is 1. The summed E-state index contributed by atoms with van der Waals surface area (Å²) in [5.74, 6) is 0.534. The number of aromatic nitrogens is 3. The smallest absolute Gasteiger partial charge is 0.252 e. The number of nitrogens with zero attached hydrogens (tertiary/aromatic N) is 5. The lowest BCUT2D eigenvalue weighted by molar-refractivity contribution is -0.128. The van der Waals surface area contributed by atoms with Crippen molar-refractivity contribution in [2.45, 2.75) is 64.1 Å². The predicted molar refractivity (Wildman–Crippen MR) is 151 cm³/mol. The maximum atomic E-state index is 12.4. The summed E-state index contributed by atoms with van der Waals surface area (Å²) in [6, 6.07) is 12.3. The normalized spacial score (nSPS) is 18.6. The van der Waals surface area contributed by atoms with Crippen molar-refractivity contribution >= 4 is 22.9 Å². The third kappa shape index (κ3) is 4.85. The predicted octanol–water partition coefficient (Wildman–Crippen LogP) is 4.65. The summed E-state index contributed by atoms with van der Waals surface area (Å²) in [7, 11) is 0. The van der Waals surface area contributed by atoms with Crippen LogP contribution in [0, 0.1) is 0 Å². The van der Waals surface area contributed by atoms with Crippen LogP contribution in [0.25, 0.3) is 11.0 Å². The number of rotatable bonds is 7. The first-order chi connectivity index (χ1) is 18.3. The molecule has 3 heterocycles. The van der Waals surface area contributed by atoms with Crippen LogP contribution in [0.1, 0.15) is 69.7 Å². The number of benzene rings is 1. The van der Waals surface area contributed by atoms with E-state index in [1.807, 2.05) is 18.7 Å². The van der Waals surface area contributed by atoms with Crippen LogP contribution in [0.5, 0.6) is 0 Å². The molecule has 0 unspecified atom stereocenters. The van der Waals surface area contributed by atoms with Crippen LogP contribution in [-0.4, -0.2) is 56.4 Å². The molecule has 8 nitrogen and oxygen atoms in total. The van der Waals surface area contributed by atoms with Crippen LogP contribution in [0.4, 0.5) is 5.95 Å². The Hall–Kier alpha value is -3.52. The molecule has 1 aromatic carbocycles. The molecule has 1 N–H and O–H groups in total. The Kier molecular flexibility index (Phi) is 7.34. The molecule has 1 saturated carbocycles. The number of carbonyl (C=O) groups excluding carboxylic acids is 1. The van der Waals surface area contributed by atoms with Crippen molar-refractivity contribution in [3.63, 3.8) is 0 Å². The minimum atomic E-state index is -0.0599. The molecule has 0 spiro atoms. The van der Waals surface area contributed by atoms with Gasteiger partial charge in [-0.2, -0.15) is 4.98 Å². The molecule has 2 fully saturated rings. The zero-order valence-corrected chi connectivity index (χ0v) is 22.7. The Morgan fingerprint density at radius 1 is 1.03 bits per heavy atom. The third-order valence-electron chi connectivity index (χ3n) is 8.28. The van der Waals surface area contributed by atoms with Gasteiger partial charge in [-0.1, -0.05) is 43.7 Å². The van der Waals surface area contributed by atoms with Crippen molar-refractivity contribution in [1.29, 1.82) is 0 Å². The lowest BCUT2D eigenvalue weighted by Crippen LogP contribution is -2.55. The third-order valence-corrected chi connectivity index (χ3v) is 8.28. The summed E-state index contributed by atoms with van der Waals surface area (Å²) in [5.41, 5.74) is 3.14. The summed E-state index contributed by atoms with van der Waals surface area (Å²) in [4.78, 5) is 38.2. The highest BCUT2D eigenvalue weighted by Gasteiger charge is 2.42. The maximum Gasteiger partial charge on any atom is 0.252 e. The van der Waals surface area contributed by atoms with Gasteiger partial charge in [0.2, 0.25) is 11.9 Å². The van der Waals surface area contributed by atoms with Gasteiger partial charge in [-0.3, -0.25) is 19.1 Å². The van der Waals surface area contributed by atoms with Crippen molar-refractivity contribution in [2.75, 3.05) is 31.5 Å². The van der Waals surface area contributed by atoms with Crippen molar-refractivity contribution in [1.82, 2.24) is 24.3 Å². The van der Waals surface area contributed by atoms with Gasteiger partial charge < -0.3 is 10.2 Å². The first kappa shape index (κ1) is 26.1. The molecular formula is C30H38N6O2. The number of carbonyl (C=O) groups is 1. The molecule has 0 bridgehead atoms. The summed E-state index contributed by atoms with van der Waals surface area (Å²) in [6.07, 6.45) is 7.95. The SMILES string of the molecule is C=CC(=O)N1CCN(C2(c3ccc([C@H](C)Nc4ncc5ccc(=O)n(C(C)C)c5n4)cc3)CCCC2)CC1. The molecule has 1 amide bonds. The molecule has 8 heteroatoms. The standard InChI is InChI=1S/C30H38N6O2/c1-5-26(37)34-16-18-35(19-17-34)30(14-6-7-15-30)25-11-8-23(9-12-25)22(4)32-29-31-20-24-10-13-27(38)36(21(2)3)28(24)33-29/h5,8-13,20-22H,1,6-7,14-19H2,2-4H3,(H,31,32,33)/t22-/m0/s1. The van der Waals surface area contributed by atoms with Crippen molar-refractivity contribution in [3.05, 3.63) is 76.7 Å². The number of pyridine rings is 1. The van der Waals surface area contributed by atoms with E-state index in [1.54, 1.807) is 22.9 Å². The quantitative estimate of drug-likeness (QED) is 0.463. The molecule has 5 rings (SSSR count). The van der Waals surface area contributed by atoms with Gasteiger partial charge in [0.05, 0.1) is 6.04 Å². The van der Waals surface area contributed by atoms with Gasteiger partial charge in [0, 0.05) is 55.4 Å². The van der Waals surface area contributed by atoms with E-state index >= 15 is 0 Å². The summed E-state index contributed by atoms with van der Waals surface area (Å²) < 4.78 is 1.70. The van der Waals surface area contributed by atoms with Gasteiger partial charge in [0.15, 0.2) is 0 Å². The number of amides is 1. The van der Waals surface area contributed by atoms with Crippen LogP contribution >= 0.6 is 0 Å². The van der Waals surface area contributed by atoms with E-state index in [-0.39, 0.29) is 29.1 Å². The Morgan fingerprint density at radius 3 is 2.34 bits per heavy atom. The lowest BCUT2D eigenvalue weighted by Gasteiger charge is -2.46. The average Bonchev–Trinajstić information content (AvgIpc) is 3.43. The van der Waals surface area contributed by atoms with E-state index in [0.29, 0.717) is 11.6 Å². The number of nitrogens with one attached hydrogen (secondary N) is 1. The van der Waals surface area contributed by atoms with E-state index in [1.165, 1.54) is 24.5 Å². The number of fused-ring (bicyclic) bond motifs is 1. The molecular weight excluding hydrogens is 476 g/mol. The minimum absolute atomic E-state index is 0.00239. The van der Waals surface area contributed by atoms with Gasteiger partial charge in [-0.15, -0.1) is 0 Å². The summed E-state index contributed by atoms with van der Waals surface area (Å²) in [5, 5.41) is 4.27. The van der Waals surface area contributed by atoms with Crippen molar-refractivity contribution < 1.29 is 4.79 Å². The van der Waals surface area contributed by atoms with Gasteiger partial charge >= 0.3 is 0 Å². The van der Waals surface area contributed by atoms with Crippen LogP contribution in [0.15, 0.2) is 60.0 Å². The van der Waals surface area contributed by atoms with E-state index < -0.39 is 0 Å².